The average molecular weight is 211 g/mol. The molecule has 3 atom stereocenters. The molecule has 2 aliphatic carbocycles. The molecule has 3 nitrogen and oxygen atoms in total. The van der Waals surface area contributed by atoms with E-state index in [1.807, 2.05) is 0 Å². The van der Waals surface area contributed by atoms with Crippen molar-refractivity contribution < 1.29 is 9.90 Å². The lowest BCUT2D eigenvalue weighted by molar-refractivity contribution is -0.151. The minimum absolute atomic E-state index is 0.0478. The molecule has 1 N–H and O–H groups in total. The quantitative estimate of drug-likeness (QED) is 0.709. The first-order valence-corrected chi connectivity index (χ1v) is 5.74. The van der Waals surface area contributed by atoms with E-state index in [1.54, 1.807) is 19.0 Å². The monoisotopic (exact) mass is 211 g/mol. The Morgan fingerprint density at radius 1 is 1.40 bits per heavy atom. The Bertz CT molecular complexity index is 298. The van der Waals surface area contributed by atoms with Gasteiger partial charge < -0.3 is 10.0 Å². The SMILES string of the molecule is CN(C)C(=O)[C@@]12CC[C@H](C[C@H]1O)C2(C)C. The van der Waals surface area contributed by atoms with E-state index in [0.29, 0.717) is 5.92 Å². The zero-order valence-corrected chi connectivity index (χ0v) is 10.1. The number of hydrogen-bond acceptors (Lipinski definition) is 2. The second kappa shape index (κ2) is 2.97. The highest BCUT2D eigenvalue weighted by atomic mass is 16.3. The van der Waals surface area contributed by atoms with Gasteiger partial charge in [0.2, 0.25) is 5.91 Å². The number of carbonyl (C=O) groups excluding carboxylic acids is 1. The van der Waals surface area contributed by atoms with Crippen LogP contribution >= 0.6 is 0 Å². The predicted octanol–water partition coefficient (Wildman–Crippen LogP) is 1.26. The Morgan fingerprint density at radius 3 is 2.33 bits per heavy atom. The van der Waals surface area contributed by atoms with Gasteiger partial charge in [0.05, 0.1) is 11.5 Å². The van der Waals surface area contributed by atoms with Crippen LogP contribution in [0.1, 0.15) is 33.1 Å². The van der Waals surface area contributed by atoms with Gasteiger partial charge in [-0.05, 0) is 30.6 Å². The van der Waals surface area contributed by atoms with Crippen LogP contribution in [0.25, 0.3) is 0 Å². The van der Waals surface area contributed by atoms with E-state index in [0.717, 1.165) is 19.3 Å². The van der Waals surface area contributed by atoms with Crippen LogP contribution in [-0.4, -0.2) is 36.1 Å². The summed E-state index contributed by atoms with van der Waals surface area (Å²) in [6.07, 6.45) is 2.29. The zero-order chi connectivity index (χ0) is 11.4. The van der Waals surface area contributed by atoms with Crippen molar-refractivity contribution in [3.63, 3.8) is 0 Å². The fraction of sp³-hybridized carbons (Fsp3) is 0.917. The summed E-state index contributed by atoms with van der Waals surface area (Å²) in [4.78, 5) is 14.0. The lowest BCUT2D eigenvalue weighted by Gasteiger charge is -2.40. The average Bonchev–Trinajstić information content (AvgIpc) is 2.49. The summed E-state index contributed by atoms with van der Waals surface area (Å²) in [6, 6.07) is 0. The first kappa shape index (κ1) is 10.9. The van der Waals surface area contributed by atoms with Crippen LogP contribution in [0.4, 0.5) is 0 Å². The van der Waals surface area contributed by atoms with Crippen LogP contribution in [0.15, 0.2) is 0 Å². The summed E-state index contributed by atoms with van der Waals surface area (Å²) >= 11 is 0. The molecule has 2 rings (SSSR count). The van der Waals surface area contributed by atoms with Crippen LogP contribution in [0.5, 0.6) is 0 Å². The number of aliphatic hydroxyl groups is 1. The van der Waals surface area contributed by atoms with E-state index in [1.165, 1.54) is 0 Å². The standard InChI is InChI=1S/C12H21NO2/c1-11(2)8-5-6-12(11,9(14)7-8)10(15)13(3)4/h8-9,14H,5-7H2,1-4H3/t8-,9-,12-/m1/s1. The molecule has 0 unspecified atom stereocenters. The lowest BCUT2D eigenvalue weighted by atomic mass is 9.67. The minimum Gasteiger partial charge on any atom is -0.392 e. The third kappa shape index (κ3) is 1.07. The maximum atomic E-state index is 12.3. The molecule has 0 spiro atoms. The van der Waals surface area contributed by atoms with Crippen molar-refractivity contribution >= 4 is 5.91 Å². The molecule has 1 amide bonds. The zero-order valence-electron chi connectivity index (χ0n) is 10.1. The molecule has 0 aromatic carbocycles. The summed E-state index contributed by atoms with van der Waals surface area (Å²) in [6.45, 7) is 4.28. The fourth-order valence-electron chi connectivity index (χ4n) is 3.85. The van der Waals surface area contributed by atoms with Crippen molar-refractivity contribution in [2.75, 3.05) is 14.1 Å². The summed E-state index contributed by atoms with van der Waals surface area (Å²) in [5, 5.41) is 10.2. The number of amides is 1. The van der Waals surface area contributed by atoms with E-state index in [-0.39, 0.29) is 11.3 Å². The third-order valence-electron chi connectivity index (χ3n) is 4.92. The Balaban J connectivity index is 2.44. The molecule has 0 saturated heterocycles. The summed E-state index contributed by atoms with van der Waals surface area (Å²) in [5.74, 6) is 0.622. The fourth-order valence-corrected chi connectivity index (χ4v) is 3.85. The van der Waals surface area contributed by atoms with Gasteiger partial charge in [-0.3, -0.25) is 4.79 Å². The van der Waals surface area contributed by atoms with Crippen molar-refractivity contribution in [1.29, 1.82) is 0 Å². The first-order valence-electron chi connectivity index (χ1n) is 5.74. The van der Waals surface area contributed by atoms with Crippen molar-refractivity contribution in [2.45, 2.75) is 39.2 Å². The molecule has 2 aliphatic rings. The van der Waals surface area contributed by atoms with Gasteiger partial charge in [0.1, 0.15) is 0 Å². The Labute approximate surface area is 91.5 Å². The smallest absolute Gasteiger partial charge is 0.231 e. The molecule has 0 radical (unpaired) electrons. The number of aliphatic hydroxyl groups excluding tert-OH is 1. The Morgan fingerprint density at radius 2 is 2.00 bits per heavy atom. The highest BCUT2D eigenvalue weighted by molar-refractivity contribution is 5.85. The van der Waals surface area contributed by atoms with Gasteiger partial charge in [0.15, 0.2) is 0 Å². The van der Waals surface area contributed by atoms with Gasteiger partial charge in [0.25, 0.3) is 0 Å². The molecule has 0 heterocycles. The van der Waals surface area contributed by atoms with Crippen molar-refractivity contribution in [1.82, 2.24) is 4.90 Å². The first-order chi connectivity index (χ1) is 6.84. The van der Waals surface area contributed by atoms with Crippen molar-refractivity contribution in [3.05, 3.63) is 0 Å². The topological polar surface area (TPSA) is 40.5 Å². The van der Waals surface area contributed by atoms with Gasteiger partial charge >= 0.3 is 0 Å². The van der Waals surface area contributed by atoms with Gasteiger partial charge in [-0.1, -0.05) is 13.8 Å². The molecule has 15 heavy (non-hydrogen) atoms. The molecule has 3 heteroatoms. The molecule has 2 saturated carbocycles. The van der Waals surface area contributed by atoms with E-state index >= 15 is 0 Å². The second-order valence-corrected chi connectivity index (χ2v) is 5.88. The molecular weight excluding hydrogens is 190 g/mol. The molecule has 0 aromatic heterocycles. The van der Waals surface area contributed by atoms with Crippen LogP contribution < -0.4 is 0 Å². The van der Waals surface area contributed by atoms with Crippen LogP contribution in [0.3, 0.4) is 0 Å². The van der Waals surface area contributed by atoms with Gasteiger partial charge in [-0.2, -0.15) is 0 Å². The largest absolute Gasteiger partial charge is 0.392 e. The molecule has 86 valence electrons. The van der Waals surface area contributed by atoms with Crippen LogP contribution in [0.2, 0.25) is 0 Å². The Kier molecular flexibility index (Phi) is 2.16. The number of rotatable bonds is 1. The number of hydrogen-bond donors (Lipinski definition) is 1. The molecular formula is C12H21NO2. The molecule has 0 aromatic rings. The van der Waals surface area contributed by atoms with E-state index in [4.69, 9.17) is 0 Å². The van der Waals surface area contributed by atoms with Crippen LogP contribution in [0, 0.1) is 16.7 Å². The third-order valence-corrected chi connectivity index (χ3v) is 4.92. The molecule has 2 fully saturated rings. The maximum absolute atomic E-state index is 12.3. The van der Waals surface area contributed by atoms with Gasteiger partial charge in [0, 0.05) is 14.1 Å². The minimum atomic E-state index is -0.513. The normalized spacial score (nSPS) is 41.9. The van der Waals surface area contributed by atoms with Gasteiger partial charge in [-0.15, -0.1) is 0 Å². The van der Waals surface area contributed by atoms with E-state index in [9.17, 15) is 9.90 Å². The van der Waals surface area contributed by atoms with Crippen molar-refractivity contribution in [3.8, 4) is 0 Å². The summed E-state index contributed by atoms with van der Waals surface area (Å²) in [5.41, 5.74) is -0.561. The van der Waals surface area contributed by atoms with Crippen LogP contribution in [-0.2, 0) is 4.79 Å². The van der Waals surface area contributed by atoms with Crippen molar-refractivity contribution in [2.24, 2.45) is 16.7 Å². The highest BCUT2D eigenvalue weighted by Crippen LogP contribution is 2.66. The lowest BCUT2D eigenvalue weighted by Crippen LogP contribution is -2.50. The number of carbonyl (C=O) groups is 1. The number of nitrogens with zero attached hydrogens (tertiary/aromatic N) is 1. The van der Waals surface area contributed by atoms with E-state index in [2.05, 4.69) is 13.8 Å². The number of fused-ring (bicyclic) bond motifs is 2. The maximum Gasteiger partial charge on any atom is 0.231 e. The predicted molar refractivity (Wildman–Crippen MR) is 58.3 cm³/mol. The highest BCUT2D eigenvalue weighted by Gasteiger charge is 2.67. The summed E-state index contributed by atoms with van der Waals surface area (Å²) in [7, 11) is 3.57. The summed E-state index contributed by atoms with van der Waals surface area (Å²) < 4.78 is 0. The van der Waals surface area contributed by atoms with E-state index < -0.39 is 11.5 Å². The Hall–Kier alpha value is -0.570. The molecule has 2 bridgehead atoms. The molecule has 0 aliphatic heterocycles. The second-order valence-electron chi connectivity index (χ2n) is 5.88. The van der Waals surface area contributed by atoms with Gasteiger partial charge in [-0.25, -0.2) is 0 Å².